The lowest BCUT2D eigenvalue weighted by Gasteiger charge is -2.03. The Morgan fingerprint density at radius 1 is 1.33 bits per heavy atom. The number of carbonyl (C=O) groups excluding carboxylic acids is 2. The van der Waals surface area contributed by atoms with Gasteiger partial charge >= 0.3 is 5.97 Å². The molecule has 0 aromatic carbocycles. The summed E-state index contributed by atoms with van der Waals surface area (Å²) in [6.45, 7) is 1.05. The van der Waals surface area contributed by atoms with E-state index < -0.39 is 5.97 Å². The van der Waals surface area contributed by atoms with Gasteiger partial charge in [0.25, 0.3) is 0 Å². The van der Waals surface area contributed by atoms with Gasteiger partial charge in [0.15, 0.2) is 0 Å². The summed E-state index contributed by atoms with van der Waals surface area (Å²) in [6, 6.07) is 0. The van der Waals surface area contributed by atoms with Crippen molar-refractivity contribution in [1.29, 1.82) is 0 Å². The van der Waals surface area contributed by atoms with Gasteiger partial charge in [-0.1, -0.05) is 0 Å². The molecule has 0 saturated heterocycles. The van der Waals surface area contributed by atoms with Crippen LogP contribution in [0.15, 0.2) is 12.3 Å². The summed E-state index contributed by atoms with van der Waals surface area (Å²) in [5.74, 6) is -0.635. The largest absolute Gasteiger partial charge is 0.466 e. The monoisotopic (exact) mass is 216 g/mol. The van der Waals surface area contributed by atoms with Gasteiger partial charge in [0.1, 0.15) is 0 Å². The molecule has 1 amide bonds. The van der Waals surface area contributed by atoms with Gasteiger partial charge in [-0.3, -0.25) is 4.79 Å². The molecule has 0 atom stereocenters. The summed E-state index contributed by atoms with van der Waals surface area (Å²) in [4.78, 5) is 21.7. The predicted octanol–water partition coefficient (Wildman–Crippen LogP) is -0.975. The second kappa shape index (κ2) is 9.01. The average Bonchev–Trinajstić information content (AvgIpc) is 2.24. The number of methoxy groups -OCH3 is 2. The Hall–Kier alpha value is -1.56. The Bertz CT molecular complexity index is 228. The van der Waals surface area contributed by atoms with Crippen molar-refractivity contribution in [1.82, 2.24) is 10.6 Å². The van der Waals surface area contributed by atoms with Crippen molar-refractivity contribution in [3.05, 3.63) is 12.3 Å². The maximum absolute atomic E-state index is 11.1. The molecule has 0 heterocycles. The topological polar surface area (TPSA) is 76.7 Å². The number of hydrogen-bond donors (Lipinski definition) is 2. The van der Waals surface area contributed by atoms with E-state index in [1.807, 2.05) is 0 Å². The van der Waals surface area contributed by atoms with Crippen LogP contribution in [0.1, 0.15) is 0 Å². The van der Waals surface area contributed by atoms with Gasteiger partial charge in [-0.05, 0) is 0 Å². The molecule has 0 aromatic heterocycles. The van der Waals surface area contributed by atoms with E-state index >= 15 is 0 Å². The van der Waals surface area contributed by atoms with Crippen molar-refractivity contribution in [2.75, 3.05) is 33.9 Å². The summed E-state index contributed by atoms with van der Waals surface area (Å²) in [5.41, 5.74) is 0. The van der Waals surface area contributed by atoms with Crippen LogP contribution in [0.25, 0.3) is 0 Å². The van der Waals surface area contributed by atoms with Crippen molar-refractivity contribution in [2.45, 2.75) is 0 Å². The molecule has 2 N–H and O–H groups in total. The molecular formula is C9H16N2O4. The van der Waals surface area contributed by atoms with Gasteiger partial charge in [-0.15, -0.1) is 0 Å². The minimum absolute atomic E-state index is 0.108. The molecule has 6 nitrogen and oxygen atoms in total. The van der Waals surface area contributed by atoms with Gasteiger partial charge in [-0.25, -0.2) is 4.79 Å². The van der Waals surface area contributed by atoms with E-state index in [4.69, 9.17) is 4.74 Å². The minimum Gasteiger partial charge on any atom is -0.466 e. The van der Waals surface area contributed by atoms with Crippen LogP contribution >= 0.6 is 0 Å². The molecule has 0 rings (SSSR count). The summed E-state index contributed by atoms with van der Waals surface area (Å²) in [5, 5.41) is 5.25. The molecule has 0 bridgehead atoms. The van der Waals surface area contributed by atoms with Crippen LogP contribution in [-0.4, -0.2) is 45.8 Å². The summed E-state index contributed by atoms with van der Waals surface area (Å²) in [6.07, 6.45) is 2.56. The second-order valence-corrected chi connectivity index (χ2v) is 2.58. The number of esters is 1. The van der Waals surface area contributed by atoms with E-state index in [0.717, 1.165) is 0 Å². The van der Waals surface area contributed by atoms with E-state index in [2.05, 4.69) is 15.4 Å². The number of ether oxygens (including phenoxy) is 2. The Morgan fingerprint density at radius 2 is 2.07 bits per heavy atom. The minimum atomic E-state index is -0.470. The number of amides is 1. The van der Waals surface area contributed by atoms with Crippen LogP contribution in [0.3, 0.4) is 0 Å². The molecule has 0 aromatic rings. The highest BCUT2D eigenvalue weighted by atomic mass is 16.5. The summed E-state index contributed by atoms with van der Waals surface area (Å²) >= 11 is 0. The molecule has 86 valence electrons. The van der Waals surface area contributed by atoms with Crippen LogP contribution < -0.4 is 10.6 Å². The lowest BCUT2D eigenvalue weighted by Crippen LogP contribution is -2.33. The normalized spacial score (nSPS) is 10.0. The first kappa shape index (κ1) is 13.4. The number of hydrogen-bond acceptors (Lipinski definition) is 5. The van der Waals surface area contributed by atoms with Gasteiger partial charge < -0.3 is 20.1 Å². The zero-order valence-electron chi connectivity index (χ0n) is 8.91. The van der Waals surface area contributed by atoms with Crippen molar-refractivity contribution < 1.29 is 19.1 Å². The lowest BCUT2D eigenvalue weighted by atomic mass is 10.5. The molecule has 0 aliphatic carbocycles. The first-order valence-corrected chi connectivity index (χ1v) is 4.44. The van der Waals surface area contributed by atoms with E-state index in [0.29, 0.717) is 13.2 Å². The molecule has 15 heavy (non-hydrogen) atoms. The quantitative estimate of drug-likeness (QED) is 0.325. The van der Waals surface area contributed by atoms with E-state index in [1.165, 1.54) is 19.4 Å². The smallest absolute Gasteiger partial charge is 0.331 e. The lowest BCUT2D eigenvalue weighted by molar-refractivity contribution is -0.134. The predicted molar refractivity (Wildman–Crippen MR) is 54.0 cm³/mol. The zero-order valence-corrected chi connectivity index (χ0v) is 8.91. The fraction of sp³-hybridized carbons (Fsp3) is 0.556. The SMILES string of the molecule is COCCNC(=O)CN/C=C/C(=O)OC. The Morgan fingerprint density at radius 3 is 2.67 bits per heavy atom. The molecular weight excluding hydrogens is 200 g/mol. The van der Waals surface area contributed by atoms with E-state index in [-0.39, 0.29) is 12.5 Å². The third-order valence-corrected chi connectivity index (χ3v) is 1.43. The maximum atomic E-state index is 11.1. The zero-order chi connectivity index (χ0) is 11.5. The Labute approximate surface area is 88.6 Å². The fourth-order valence-electron chi connectivity index (χ4n) is 0.702. The standard InChI is InChI=1S/C9H16N2O4/c1-14-6-5-11-8(12)7-10-4-3-9(13)15-2/h3-4,10H,5-7H2,1-2H3,(H,11,12)/b4-3+. The fourth-order valence-corrected chi connectivity index (χ4v) is 0.702. The van der Waals surface area contributed by atoms with E-state index in [1.54, 1.807) is 7.11 Å². The van der Waals surface area contributed by atoms with Gasteiger partial charge in [-0.2, -0.15) is 0 Å². The van der Waals surface area contributed by atoms with Crippen LogP contribution in [-0.2, 0) is 19.1 Å². The van der Waals surface area contributed by atoms with Crippen LogP contribution in [0.2, 0.25) is 0 Å². The van der Waals surface area contributed by atoms with Gasteiger partial charge in [0, 0.05) is 25.9 Å². The van der Waals surface area contributed by atoms with E-state index in [9.17, 15) is 9.59 Å². The third kappa shape index (κ3) is 8.76. The first-order chi connectivity index (χ1) is 7.20. The molecule has 0 radical (unpaired) electrons. The number of rotatable bonds is 7. The van der Waals surface area contributed by atoms with Crippen molar-refractivity contribution in [3.8, 4) is 0 Å². The summed E-state index contributed by atoms with van der Waals surface area (Å²) in [7, 11) is 2.84. The highest BCUT2D eigenvalue weighted by Crippen LogP contribution is 1.74. The molecule has 0 aliphatic rings. The molecule has 6 heteroatoms. The van der Waals surface area contributed by atoms with Crippen LogP contribution in [0.4, 0.5) is 0 Å². The van der Waals surface area contributed by atoms with Gasteiger partial charge in [0.2, 0.25) is 5.91 Å². The van der Waals surface area contributed by atoms with Crippen LogP contribution in [0.5, 0.6) is 0 Å². The first-order valence-electron chi connectivity index (χ1n) is 4.44. The molecule has 0 aliphatic heterocycles. The van der Waals surface area contributed by atoms with Crippen molar-refractivity contribution >= 4 is 11.9 Å². The highest BCUT2D eigenvalue weighted by molar-refractivity contribution is 5.82. The molecule has 0 unspecified atom stereocenters. The number of nitrogens with one attached hydrogen (secondary N) is 2. The average molecular weight is 216 g/mol. The highest BCUT2D eigenvalue weighted by Gasteiger charge is 1.97. The molecule has 0 fully saturated rings. The maximum Gasteiger partial charge on any atom is 0.331 e. The molecule has 0 saturated carbocycles. The number of carbonyl (C=O) groups is 2. The Balaban J connectivity index is 3.46. The van der Waals surface area contributed by atoms with Gasteiger partial charge in [0.05, 0.1) is 20.3 Å². The summed E-state index contributed by atoms with van der Waals surface area (Å²) < 4.78 is 9.11. The Kier molecular flexibility index (Phi) is 8.08. The molecule has 0 spiro atoms. The van der Waals surface area contributed by atoms with Crippen LogP contribution in [0, 0.1) is 0 Å². The van der Waals surface area contributed by atoms with Crippen molar-refractivity contribution in [3.63, 3.8) is 0 Å². The third-order valence-electron chi connectivity index (χ3n) is 1.43. The second-order valence-electron chi connectivity index (χ2n) is 2.58. The van der Waals surface area contributed by atoms with Crippen molar-refractivity contribution in [2.24, 2.45) is 0 Å².